The Hall–Kier alpha value is -2.53. The number of hydrogen-bond acceptors (Lipinski definition) is 7. The zero-order valence-corrected chi connectivity index (χ0v) is 12.5. The van der Waals surface area contributed by atoms with Gasteiger partial charge in [-0.3, -0.25) is 13.9 Å². The van der Waals surface area contributed by atoms with E-state index in [0.29, 0.717) is 0 Å². The van der Waals surface area contributed by atoms with Crippen LogP contribution in [0, 0.1) is 10.1 Å². The Morgan fingerprint density at radius 3 is 2.22 bits per heavy atom. The van der Waals surface area contributed by atoms with Crippen molar-refractivity contribution in [2.24, 2.45) is 7.05 Å². The minimum Gasteiger partial charge on any atom is -0.396 e. The van der Waals surface area contributed by atoms with Crippen molar-refractivity contribution in [3.8, 4) is 0 Å². The van der Waals surface area contributed by atoms with Gasteiger partial charge in [-0.25, -0.2) is 9.36 Å². The monoisotopic (exact) mass is 327 g/mol. The number of fused-ring (bicyclic) bond motifs is 1. The highest BCUT2D eigenvalue weighted by molar-refractivity contribution is 5.72. The van der Waals surface area contributed by atoms with Gasteiger partial charge >= 0.3 is 11.6 Å². The number of aromatic nitrogens is 4. The van der Waals surface area contributed by atoms with E-state index in [0.717, 1.165) is 13.7 Å². The average Bonchev–Trinajstić information content (AvgIpc) is 2.85. The van der Waals surface area contributed by atoms with Crippen LogP contribution >= 0.6 is 0 Å². The molecule has 2 aromatic rings. The molecule has 0 aliphatic heterocycles. The molecule has 0 fully saturated rings. The van der Waals surface area contributed by atoms with E-state index in [-0.39, 0.29) is 50.3 Å². The van der Waals surface area contributed by atoms with Crippen LogP contribution in [0.25, 0.3) is 11.2 Å². The number of aliphatic hydroxyl groups excluding tert-OH is 2. The second kappa shape index (κ2) is 6.71. The summed E-state index contributed by atoms with van der Waals surface area (Å²) in [5.74, 6) is -0.547. The van der Waals surface area contributed by atoms with Crippen molar-refractivity contribution in [2.45, 2.75) is 25.9 Å². The zero-order chi connectivity index (χ0) is 17.1. The third-order valence-corrected chi connectivity index (χ3v) is 3.46. The van der Waals surface area contributed by atoms with Crippen molar-refractivity contribution in [3.05, 3.63) is 31.0 Å². The predicted molar refractivity (Wildman–Crippen MR) is 79.3 cm³/mol. The number of rotatable bonds is 7. The number of aliphatic hydroxyl groups is 2. The molecule has 0 bridgehead atoms. The molecule has 0 aliphatic carbocycles. The van der Waals surface area contributed by atoms with Gasteiger partial charge in [0.25, 0.3) is 11.2 Å². The molecule has 0 radical (unpaired) electrons. The lowest BCUT2D eigenvalue weighted by atomic mass is 10.4. The zero-order valence-electron chi connectivity index (χ0n) is 12.5. The highest BCUT2D eigenvalue weighted by Crippen LogP contribution is 2.16. The first-order valence-electron chi connectivity index (χ1n) is 7.00. The van der Waals surface area contributed by atoms with Gasteiger partial charge in [-0.15, -0.1) is 0 Å². The first-order valence-corrected chi connectivity index (χ1v) is 7.00. The first kappa shape index (κ1) is 16.8. The van der Waals surface area contributed by atoms with Crippen LogP contribution in [0.15, 0.2) is 9.59 Å². The molecule has 0 saturated carbocycles. The lowest BCUT2D eigenvalue weighted by molar-refractivity contribution is -0.396. The van der Waals surface area contributed by atoms with Crippen LogP contribution in [0.1, 0.15) is 12.8 Å². The van der Waals surface area contributed by atoms with E-state index in [9.17, 15) is 19.7 Å². The normalized spacial score (nSPS) is 11.3. The molecule has 0 aliphatic rings. The molecule has 0 saturated heterocycles. The van der Waals surface area contributed by atoms with Gasteiger partial charge in [0.1, 0.15) is 0 Å². The topological polar surface area (TPSA) is 145 Å². The van der Waals surface area contributed by atoms with E-state index in [1.165, 1.54) is 7.05 Å². The van der Waals surface area contributed by atoms with Crippen LogP contribution in [0.3, 0.4) is 0 Å². The Kier molecular flexibility index (Phi) is 4.91. The number of aryl methyl sites for hydroxylation is 2. The highest BCUT2D eigenvalue weighted by atomic mass is 16.6. The summed E-state index contributed by atoms with van der Waals surface area (Å²) in [5.41, 5.74) is -1.51. The standard InChI is InChI=1S/C12H17N5O6/c1-14-8-9(13-11(14)17(22)23)15(4-2-6-18)12(21)16(10(8)20)5-3-7-19/h18-19H,2-7H2,1H3. The highest BCUT2D eigenvalue weighted by Gasteiger charge is 2.27. The number of imidazole rings is 1. The molecule has 0 atom stereocenters. The molecular weight excluding hydrogens is 310 g/mol. The summed E-state index contributed by atoms with van der Waals surface area (Å²) in [6.45, 7) is -0.327. The van der Waals surface area contributed by atoms with Crippen LogP contribution in [-0.4, -0.2) is 47.0 Å². The molecule has 0 amide bonds. The van der Waals surface area contributed by atoms with E-state index in [2.05, 4.69) is 4.98 Å². The number of nitro groups is 1. The molecule has 2 rings (SSSR count). The summed E-state index contributed by atoms with van der Waals surface area (Å²) >= 11 is 0. The number of nitrogens with zero attached hydrogens (tertiary/aromatic N) is 5. The Morgan fingerprint density at radius 1 is 1.13 bits per heavy atom. The maximum Gasteiger partial charge on any atom is 0.437 e. The predicted octanol–water partition coefficient (Wildman–Crippen LogP) is -1.43. The summed E-state index contributed by atoms with van der Waals surface area (Å²) in [6.07, 6.45) is 0.429. The van der Waals surface area contributed by atoms with Gasteiger partial charge in [0.2, 0.25) is 5.52 Å². The van der Waals surface area contributed by atoms with Gasteiger partial charge in [-0.05, 0) is 22.7 Å². The molecule has 0 unspecified atom stereocenters. The quantitative estimate of drug-likeness (QED) is 0.468. The Morgan fingerprint density at radius 2 is 1.70 bits per heavy atom. The van der Waals surface area contributed by atoms with Crippen LogP contribution in [0.5, 0.6) is 0 Å². The molecule has 23 heavy (non-hydrogen) atoms. The Balaban J connectivity index is 2.83. The van der Waals surface area contributed by atoms with Crippen molar-refractivity contribution in [2.75, 3.05) is 13.2 Å². The van der Waals surface area contributed by atoms with Gasteiger partial charge in [-0.2, -0.15) is 0 Å². The molecule has 2 heterocycles. The first-order chi connectivity index (χ1) is 10.9. The van der Waals surface area contributed by atoms with Crippen LogP contribution in [-0.2, 0) is 20.1 Å². The third kappa shape index (κ3) is 2.87. The largest absolute Gasteiger partial charge is 0.437 e. The lowest BCUT2D eigenvalue weighted by Crippen LogP contribution is -2.41. The van der Waals surface area contributed by atoms with Crippen molar-refractivity contribution in [1.29, 1.82) is 0 Å². The summed E-state index contributed by atoms with van der Waals surface area (Å²) in [5, 5.41) is 28.9. The molecule has 2 N–H and O–H groups in total. The van der Waals surface area contributed by atoms with Crippen molar-refractivity contribution in [3.63, 3.8) is 0 Å². The average molecular weight is 327 g/mol. The molecular formula is C12H17N5O6. The van der Waals surface area contributed by atoms with Gasteiger partial charge in [0, 0.05) is 26.3 Å². The van der Waals surface area contributed by atoms with E-state index in [4.69, 9.17) is 10.2 Å². The lowest BCUT2D eigenvalue weighted by Gasteiger charge is -2.08. The van der Waals surface area contributed by atoms with E-state index >= 15 is 0 Å². The van der Waals surface area contributed by atoms with Crippen LogP contribution in [0.4, 0.5) is 5.95 Å². The SMILES string of the molecule is Cn1c([N+](=O)[O-])nc2c1c(=O)n(CCCO)c(=O)n2CCCO. The van der Waals surface area contributed by atoms with E-state index in [1.54, 1.807) is 0 Å². The third-order valence-electron chi connectivity index (χ3n) is 3.46. The van der Waals surface area contributed by atoms with Crippen LogP contribution in [0.2, 0.25) is 0 Å². The molecule has 126 valence electrons. The summed E-state index contributed by atoms with van der Waals surface area (Å²) < 4.78 is 3.08. The molecule has 2 aromatic heterocycles. The van der Waals surface area contributed by atoms with Gasteiger partial charge in [-0.1, -0.05) is 0 Å². The molecule has 0 spiro atoms. The minimum atomic E-state index is -0.738. The van der Waals surface area contributed by atoms with Gasteiger partial charge in [0.15, 0.2) is 0 Å². The molecule has 11 heteroatoms. The minimum absolute atomic E-state index is 0.0117. The Bertz CT molecular complexity index is 848. The second-order valence-electron chi connectivity index (χ2n) is 4.95. The summed E-state index contributed by atoms with van der Waals surface area (Å²) in [4.78, 5) is 39.0. The summed E-state index contributed by atoms with van der Waals surface area (Å²) in [7, 11) is 1.33. The maximum atomic E-state index is 12.5. The fourth-order valence-corrected chi connectivity index (χ4v) is 2.37. The van der Waals surface area contributed by atoms with Gasteiger partial charge in [0.05, 0.1) is 7.05 Å². The van der Waals surface area contributed by atoms with Gasteiger partial charge < -0.3 is 20.3 Å². The van der Waals surface area contributed by atoms with E-state index < -0.39 is 22.1 Å². The summed E-state index contributed by atoms with van der Waals surface area (Å²) in [6, 6.07) is 0. The van der Waals surface area contributed by atoms with Crippen molar-refractivity contribution < 1.29 is 15.1 Å². The Labute approximate surface area is 129 Å². The second-order valence-corrected chi connectivity index (χ2v) is 4.95. The molecule has 11 nitrogen and oxygen atoms in total. The number of hydrogen-bond donors (Lipinski definition) is 2. The van der Waals surface area contributed by atoms with Crippen molar-refractivity contribution >= 4 is 17.1 Å². The maximum absolute atomic E-state index is 12.5. The fraction of sp³-hybridized carbons (Fsp3) is 0.583. The fourth-order valence-electron chi connectivity index (χ4n) is 2.37. The van der Waals surface area contributed by atoms with Crippen LogP contribution < -0.4 is 11.2 Å². The van der Waals surface area contributed by atoms with E-state index in [1.807, 2.05) is 0 Å². The smallest absolute Gasteiger partial charge is 0.396 e. The van der Waals surface area contributed by atoms with Crippen molar-refractivity contribution in [1.82, 2.24) is 18.7 Å². The molecule has 0 aromatic carbocycles.